The summed E-state index contributed by atoms with van der Waals surface area (Å²) in [6.07, 6.45) is 0. The fraction of sp³-hybridized carbons (Fsp3) is 0. The van der Waals surface area contributed by atoms with Gasteiger partial charge in [0.25, 0.3) is 0 Å². The van der Waals surface area contributed by atoms with Gasteiger partial charge in [-0.1, -0.05) is 146 Å². The van der Waals surface area contributed by atoms with Crippen LogP contribution in [0.1, 0.15) is 0 Å². The molecule has 1 aromatic heterocycles. The summed E-state index contributed by atoms with van der Waals surface area (Å²) in [6, 6.07) is 54.9. The van der Waals surface area contributed by atoms with Crippen LogP contribution >= 0.6 is 11.6 Å². The van der Waals surface area contributed by atoms with E-state index in [0.29, 0.717) is 11.6 Å². The lowest BCUT2D eigenvalue weighted by molar-refractivity contribution is 1.07. The summed E-state index contributed by atoms with van der Waals surface area (Å²) in [7, 11) is 0. The van der Waals surface area contributed by atoms with Gasteiger partial charge < -0.3 is 0 Å². The second-order valence-corrected chi connectivity index (χ2v) is 11.4. The summed E-state index contributed by atoms with van der Waals surface area (Å²) in [4.78, 5) is 14.0. The van der Waals surface area contributed by atoms with Gasteiger partial charge in [0.1, 0.15) is 0 Å². The van der Waals surface area contributed by atoms with Crippen LogP contribution in [0.3, 0.4) is 0 Å². The molecule has 0 bridgehead atoms. The molecule has 45 heavy (non-hydrogen) atoms. The van der Waals surface area contributed by atoms with Crippen LogP contribution in [-0.4, -0.2) is 15.0 Å². The molecule has 0 unspecified atom stereocenters. The van der Waals surface area contributed by atoms with Crippen LogP contribution in [0.5, 0.6) is 0 Å². The monoisotopic (exact) mass is 595 g/mol. The largest absolute Gasteiger partial charge is 0.226 e. The quantitative estimate of drug-likeness (QED) is 0.199. The van der Waals surface area contributed by atoms with Gasteiger partial charge >= 0.3 is 0 Å². The van der Waals surface area contributed by atoms with Crippen LogP contribution < -0.4 is 0 Å². The number of aromatic nitrogens is 3. The molecule has 0 atom stereocenters. The summed E-state index contributed by atoms with van der Waals surface area (Å²) in [5.41, 5.74) is 8.70. The molecule has 7 aromatic carbocycles. The number of hydrogen-bond acceptors (Lipinski definition) is 3. The van der Waals surface area contributed by atoms with Crippen molar-refractivity contribution in [2.45, 2.75) is 0 Å². The third kappa shape index (κ3) is 5.24. The van der Waals surface area contributed by atoms with Gasteiger partial charge in [-0.2, -0.15) is 9.97 Å². The van der Waals surface area contributed by atoms with E-state index in [4.69, 9.17) is 16.6 Å². The average Bonchev–Trinajstić information content (AvgIpc) is 3.11. The number of fused-ring (bicyclic) bond motifs is 2. The van der Waals surface area contributed by atoms with E-state index < -0.39 is 0 Å². The third-order valence-corrected chi connectivity index (χ3v) is 8.44. The maximum atomic E-state index is 6.53. The van der Waals surface area contributed by atoms with Crippen LogP contribution in [0, 0.1) is 0 Å². The number of hydrogen-bond donors (Lipinski definition) is 0. The summed E-state index contributed by atoms with van der Waals surface area (Å²) in [6.45, 7) is 0. The molecule has 8 aromatic rings. The van der Waals surface area contributed by atoms with Crippen LogP contribution in [-0.2, 0) is 0 Å². The van der Waals surface area contributed by atoms with E-state index in [9.17, 15) is 0 Å². The van der Waals surface area contributed by atoms with E-state index in [1.54, 1.807) is 0 Å². The second kappa shape index (κ2) is 11.5. The van der Waals surface area contributed by atoms with Gasteiger partial charge in [0.15, 0.2) is 11.6 Å². The normalized spacial score (nSPS) is 11.2. The molecule has 0 radical (unpaired) electrons. The van der Waals surface area contributed by atoms with Crippen LogP contribution in [0.4, 0.5) is 0 Å². The summed E-state index contributed by atoms with van der Waals surface area (Å²) < 4.78 is 0. The van der Waals surface area contributed by atoms with Gasteiger partial charge in [-0.25, -0.2) is 4.98 Å². The van der Waals surface area contributed by atoms with Gasteiger partial charge in [-0.3, -0.25) is 0 Å². The average molecular weight is 596 g/mol. The van der Waals surface area contributed by atoms with Gasteiger partial charge in [0.2, 0.25) is 5.28 Å². The minimum Gasteiger partial charge on any atom is -0.208 e. The Kier molecular flexibility index (Phi) is 6.86. The van der Waals surface area contributed by atoms with Crippen molar-refractivity contribution >= 4 is 33.1 Å². The van der Waals surface area contributed by atoms with Crippen LogP contribution in [0.15, 0.2) is 158 Å². The Balaban J connectivity index is 1.17. The lowest BCUT2D eigenvalue weighted by Gasteiger charge is -2.12. The highest BCUT2D eigenvalue weighted by Gasteiger charge is 2.13. The number of nitrogens with zero attached hydrogens (tertiary/aromatic N) is 3. The zero-order chi connectivity index (χ0) is 30.2. The van der Waals surface area contributed by atoms with Gasteiger partial charge in [-0.05, 0) is 78.7 Å². The molecule has 0 amide bonds. The lowest BCUT2D eigenvalue weighted by Crippen LogP contribution is -1.97. The summed E-state index contributed by atoms with van der Waals surface area (Å²) in [5.74, 6) is 1.08. The Morgan fingerprint density at radius 2 is 0.822 bits per heavy atom. The molecule has 0 aliphatic heterocycles. The lowest BCUT2D eigenvalue weighted by atomic mass is 9.93. The predicted octanol–water partition coefficient (Wildman–Crippen LogP) is 11.2. The molecule has 0 fully saturated rings. The van der Waals surface area contributed by atoms with Crippen molar-refractivity contribution in [1.82, 2.24) is 15.0 Å². The highest BCUT2D eigenvalue weighted by molar-refractivity contribution is 6.28. The molecule has 212 valence electrons. The molecule has 4 heteroatoms. The topological polar surface area (TPSA) is 38.7 Å². The van der Waals surface area contributed by atoms with Crippen molar-refractivity contribution in [2.75, 3.05) is 0 Å². The highest BCUT2D eigenvalue weighted by Crippen LogP contribution is 2.36. The van der Waals surface area contributed by atoms with E-state index >= 15 is 0 Å². The van der Waals surface area contributed by atoms with Gasteiger partial charge in [0.05, 0.1) is 0 Å². The standard InChI is InChI=1S/C41H26ClN3/c42-41-44-39(33-15-6-14-32(25-33)29-21-19-28(20-22-29)27-9-2-1-3-10-27)43-40(45-41)34-24-23-31-13-8-18-37(38(31)26-34)36-17-7-12-30-11-4-5-16-35(30)36/h1-26H. The molecular formula is C41H26ClN3. The molecular weight excluding hydrogens is 570 g/mol. The molecule has 0 spiro atoms. The van der Waals surface area contributed by atoms with Crippen molar-refractivity contribution in [3.8, 4) is 56.2 Å². The van der Waals surface area contributed by atoms with E-state index in [1.807, 2.05) is 18.2 Å². The van der Waals surface area contributed by atoms with Crippen molar-refractivity contribution in [3.63, 3.8) is 0 Å². The first-order valence-electron chi connectivity index (χ1n) is 14.9. The maximum absolute atomic E-state index is 6.53. The van der Waals surface area contributed by atoms with Gasteiger partial charge in [0, 0.05) is 11.1 Å². The Labute approximate surface area is 266 Å². The number of benzene rings is 7. The van der Waals surface area contributed by atoms with Crippen LogP contribution in [0.2, 0.25) is 5.28 Å². The predicted molar refractivity (Wildman–Crippen MR) is 187 cm³/mol. The Bertz CT molecular complexity index is 2320. The van der Waals surface area contributed by atoms with Crippen molar-refractivity contribution in [2.24, 2.45) is 0 Å². The van der Waals surface area contributed by atoms with Crippen molar-refractivity contribution < 1.29 is 0 Å². The molecule has 0 saturated heterocycles. The zero-order valence-electron chi connectivity index (χ0n) is 24.2. The fourth-order valence-electron chi connectivity index (χ4n) is 6.04. The first kappa shape index (κ1) is 26.9. The maximum Gasteiger partial charge on any atom is 0.226 e. The van der Waals surface area contributed by atoms with Gasteiger partial charge in [-0.15, -0.1) is 0 Å². The zero-order valence-corrected chi connectivity index (χ0v) is 25.0. The molecule has 3 nitrogen and oxygen atoms in total. The third-order valence-electron chi connectivity index (χ3n) is 8.27. The van der Waals surface area contributed by atoms with Crippen LogP contribution in [0.25, 0.3) is 77.7 Å². The SMILES string of the molecule is Clc1nc(-c2cccc(-c3ccc(-c4ccccc4)cc3)c2)nc(-c2ccc3cccc(-c4cccc5ccccc45)c3c2)n1. The molecule has 1 heterocycles. The highest BCUT2D eigenvalue weighted by atomic mass is 35.5. The van der Waals surface area contributed by atoms with E-state index in [1.165, 1.54) is 27.5 Å². The summed E-state index contributed by atoms with van der Waals surface area (Å²) in [5, 5.41) is 4.88. The van der Waals surface area contributed by atoms with E-state index in [-0.39, 0.29) is 5.28 Å². The minimum atomic E-state index is 0.162. The molecule has 0 aliphatic carbocycles. The summed E-state index contributed by atoms with van der Waals surface area (Å²) >= 11 is 6.53. The molecule has 8 rings (SSSR count). The Hall–Kier alpha value is -5.64. The second-order valence-electron chi connectivity index (χ2n) is 11.0. The van der Waals surface area contributed by atoms with E-state index in [2.05, 4.69) is 149 Å². The first-order valence-corrected chi connectivity index (χ1v) is 15.3. The fourth-order valence-corrected chi connectivity index (χ4v) is 6.20. The molecule has 0 N–H and O–H groups in total. The molecule has 0 aliphatic rings. The van der Waals surface area contributed by atoms with E-state index in [0.717, 1.165) is 38.6 Å². The Morgan fingerprint density at radius 3 is 1.58 bits per heavy atom. The van der Waals surface area contributed by atoms with Crippen molar-refractivity contribution in [1.29, 1.82) is 0 Å². The number of halogens is 1. The smallest absolute Gasteiger partial charge is 0.208 e. The first-order chi connectivity index (χ1) is 22.2. The number of rotatable bonds is 5. The Morgan fingerprint density at radius 1 is 0.333 bits per heavy atom. The van der Waals surface area contributed by atoms with Crippen molar-refractivity contribution in [3.05, 3.63) is 163 Å². The minimum absolute atomic E-state index is 0.162. The molecule has 0 saturated carbocycles.